The summed E-state index contributed by atoms with van der Waals surface area (Å²) in [7, 11) is 1.73. The van der Waals surface area contributed by atoms with Crippen LogP contribution < -0.4 is 10.3 Å². The molecular weight excluding hydrogens is 358 g/mol. The molecule has 2 aliphatic rings. The normalized spacial score (nSPS) is 18.9. The number of carbonyl (C=O) groups excluding carboxylic acids is 1. The number of aryl methyl sites for hydroxylation is 1. The average Bonchev–Trinajstić information content (AvgIpc) is 3.37. The number of likely N-dealkylation sites (tertiary alicyclic amines) is 1. The topological polar surface area (TPSA) is 82.2 Å². The van der Waals surface area contributed by atoms with Crippen LogP contribution in [0.5, 0.6) is 5.88 Å². The summed E-state index contributed by atoms with van der Waals surface area (Å²) in [5, 5.41) is 4.88. The van der Waals surface area contributed by atoms with Gasteiger partial charge in [0.1, 0.15) is 11.4 Å². The van der Waals surface area contributed by atoms with Crippen molar-refractivity contribution in [1.29, 1.82) is 0 Å². The molecule has 2 aromatic heterocycles. The molecule has 28 heavy (non-hydrogen) atoms. The van der Waals surface area contributed by atoms with Gasteiger partial charge in [-0.25, -0.2) is 9.67 Å². The monoisotopic (exact) mass is 379 g/mol. The Bertz CT molecular complexity index is 1130. The van der Waals surface area contributed by atoms with Crippen LogP contribution in [0.3, 0.4) is 0 Å². The number of aromatic nitrogens is 4. The Morgan fingerprint density at radius 3 is 2.96 bits per heavy atom. The van der Waals surface area contributed by atoms with Gasteiger partial charge in [0.2, 0.25) is 5.88 Å². The second-order valence-electron chi connectivity index (χ2n) is 7.30. The first-order chi connectivity index (χ1) is 13.6. The number of fused-ring (bicyclic) bond motifs is 2. The van der Waals surface area contributed by atoms with Gasteiger partial charge in [-0.15, -0.1) is 0 Å². The van der Waals surface area contributed by atoms with Gasteiger partial charge in [0, 0.05) is 26.6 Å². The molecule has 1 aromatic carbocycles. The van der Waals surface area contributed by atoms with E-state index in [1.807, 2.05) is 18.2 Å². The zero-order chi connectivity index (χ0) is 19.3. The zero-order valence-corrected chi connectivity index (χ0v) is 15.7. The Balaban J connectivity index is 1.55. The second kappa shape index (κ2) is 6.47. The summed E-state index contributed by atoms with van der Waals surface area (Å²) in [4.78, 5) is 32.6. The Morgan fingerprint density at radius 2 is 2.07 bits per heavy atom. The summed E-state index contributed by atoms with van der Waals surface area (Å²) in [6, 6.07) is 7.08. The van der Waals surface area contributed by atoms with E-state index in [1.165, 1.54) is 0 Å². The maximum atomic E-state index is 13.3. The molecule has 4 heterocycles. The highest BCUT2D eigenvalue weighted by Gasteiger charge is 2.36. The van der Waals surface area contributed by atoms with Crippen LogP contribution in [-0.4, -0.2) is 43.3 Å². The van der Waals surface area contributed by atoms with Gasteiger partial charge in [-0.2, -0.15) is 5.10 Å². The van der Waals surface area contributed by atoms with Gasteiger partial charge in [-0.1, -0.05) is 12.1 Å². The number of carbonyl (C=O) groups is 1. The van der Waals surface area contributed by atoms with Crippen molar-refractivity contribution < 1.29 is 9.53 Å². The molecule has 8 heteroatoms. The molecule has 1 saturated heterocycles. The number of benzene rings is 1. The van der Waals surface area contributed by atoms with Crippen LogP contribution in [0.4, 0.5) is 0 Å². The highest BCUT2D eigenvalue weighted by molar-refractivity contribution is 5.96. The quantitative estimate of drug-likeness (QED) is 0.679. The van der Waals surface area contributed by atoms with E-state index in [0.717, 1.165) is 25.8 Å². The molecule has 5 rings (SSSR count). The molecule has 0 N–H and O–H groups in total. The highest BCUT2D eigenvalue weighted by atomic mass is 16.5. The van der Waals surface area contributed by atoms with Crippen molar-refractivity contribution in [3.63, 3.8) is 0 Å². The van der Waals surface area contributed by atoms with E-state index in [2.05, 4.69) is 5.10 Å². The highest BCUT2D eigenvalue weighted by Crippen LogP contribution is 2.34. The minimum atomic E-state index is -0.242. The molecule has 1 amide bonds. The van der Waals surface area contributed by atoms with Crippen LogP contribution in [0.25, 0.3) is 10.9 Å². The van der Waals surface area contributed by atoms with Crippen LogP contribution in [0, 0.1) is 0 Å². The molecule has 0 spiro atoms. The molecule has 0 aliphatic carbocycles. The van der Waals surface area contributed by atoms with Crippen molar-refractivity contribution >= 4 is 16.8 Å². The fourth-order valence-corrected chi connectivity index (χ4v) is 4.18. The van der Waals surface area contributed by atoms with Gasteiger partial charge in [0.25, 0.3) is 11.5 Å². The van der Waals surface area contributed by atoms with Crippen molar-refractivity contribution in [1.82, 2.24) is 24.2 Å². The molecule has 1 unspecified atom stereocenters. The third-order valence-corrected chi connectivity index (χ3v) is 5.60. The molecule has 2 aliphatic heterocycles. The van der Waals surface area contributed by atoms with Crippen molar-refractivity contribution in [3.05, 3.63) is 52.2 Å². The SMILES string of the molecule is Cn1c(C2CCCN2C(=O)c2cnn3c2OCCC3)nc2ccccc2c1=O. The molecule has 3 aromatic rings. The number of amides is 1. The first-order valence-corrected chi connectivity index (χ1v) is 9.60. The smallest absolute Gasteiger partial charge is 0.261 e. The summed E-state index contributed by atoms with van der Waals surface area (Å²) in [5.41, 5.74) is 1.05. The molecular formula is C20H21N5O3. The molecule has 1 atom stereocenters. The molecule has 144 valence electrons. The summed E-state index contributed by atoms with van der Waals surface area (Å²) < 4.78 is 9.01. The fraction of sp³-hybridized carbons (Fsp3) is 0.400. The lowest BCUT2D eigenvalue weighted by Gasteiger charge is -2.26. The van der Waals surface area contributed by atoms with Crippen molar-refractivity contribution in [2.24, 2.45) is 7.05 Å². The molecule has 1 fully saturated rings. The fourth-order valence-electron chi connectivity index (χ4n) is 4.18. The van der Waals surface area contributed by atoms with E-state index in [1.54, 1.807) is 33.5 Å². The van der Waals surface area contributed by atoms with E-state index < -0.39 is 0 Å². The van der Waals surface area contributed by atoms with Gasteiger partial charge in [0.05, 0.1) is 29.7 Å². The van der Waals surface area contributed by atoms with Crippen LogP contribution in [0.2, 0.25) is 0 Å². The largest absolute Gasteiger partial charge is 0.477 e. The van der Waals surface area contributed by atoms with E-state index in [-0.39, 0.29) is 17.5 Å². The Kier molecular flexibility index (Phi) is 3.92. The summed E-state index contributed by atoms with van der Waals surface area (Å²) >= 11 is 0. The standard InChI is InChI=1S/C20H21N5O3/c1-23-17(22-15-7-3-2-6-13(15)18(23)26)16-8-4-9-24(16)19(27)14-12-21-25-10-5-11-28-20(14)25/h2-3,6-7,12,16H,4-5,8-11H2,1H3. The number of hydrogen-bond donors (Lipinski definition) is 0. The lowest BCUT2D eigenvalue weighted by atomic mass is 10.1. The van der Waals surface area contributed by atoms with Gasteiger partial charge in [0.15, 0.2) is 0 Å². The van der Waals surface area contributed by atoms with Crippen molar-refractivity contribution in [3.8, 4) is 5.88 Å². The summed E-state index contributed by atoms with van der Waals surface area (Å²) in [6.07, 6.45) is 4.11. The first kappa shape index (κ1) is 17.0. The van der Waals surface area contributed by atoms with Gasteiger partial charge in [-0.3, -0.25) is 14.2 Å². The minimum Gasteiger partial charge on any atom is -0.477 e. The summed E-state index contributed by atoms with van der Waals surface area (Å²) in [6.45, 7) is 1.97. The molecule has 0 bridgehead atoms. The van der Waals surface area contributed by atoms with E-state index in [0.29, 0.717) is 41.3 Å². The first-order valence-electron chi connectivity index (χ1n) is 9.60. The van der Waals surface area contributed by atoms with Crippen molar-refractivity contribution in [2.75, 3.05) is 13.2 Å². The Morgan fingerprint density at radius 1 is 1.21 bits per heavy atom. The Hall–Kier alpha value is -3.16. The predicted molar refractivity (Wildman–Crippen MR) is 102 cm³/mol. The lowest BCUT2D eigenvalue weighted by Crippen LogP contribution is -2.35. The van der Waals surface area contributed by atoms with Crippen LogP contribution in [0.1, 0.15) is 41.5 Å². The molecule has 0 radical (unpaired) electrons. The van der Waals surface area contributed by atoms with E-state index in [9.17, 15) is 9.59 Å². The Labute approximate surface area is 161 Å². The van der Waals surface area contributed by atoms with Gasteiger partial charge >= 0.3 is 0 Å². The predicted octanol–water partition coefficient (Wildman–Crippen LogP) is 1.89. The van der Waals surface area contributed by atoms with Crippen LogP contribution >= 0.6 is 0 Å². The number of rotatable bonds is 2. The third kappa shape index (κ3) is 2.51. The molecule has 0 saturated carbocycles. The van der Waals surface area contributed by atoms with E-state index >= 15 is 0 Å². The number of hydrogen-bond acceptors (Lipinski definition) is 5. The van der Waals surface area contributed by atoms with Gasteiger partial charge < -0.3 is 9.64 Å². The average molecular weight is 379 g/mol. The zero-order valence-electron chi connectivity index (χ0n) is 15.7. The second-order valence-corrected chi connectivity index (χ2v) is 7.30. The van der Waals surface area contributed by atoms with Crippen LogP contribution in [-0.2, 0) is 13.6 Å². The summed E-state index contributed by atoms with van der Waals surface area (Å²) in [5.74, 6) is 1.05. The maximum Gasteiger partial charge on any atom is 0.261 e. The third-order valence-electron chi connectivity index (χ3n) is 5.60. The van der Waals surface area contributed by atoms with E-state index in [4.69, 9.17) is 9.72 Å². The van der Waals surface area contributed by atoms with Gasteiger partial charge in [-0.05, 0) is 25.0 Å². The number of ether oxygens (including phenoxy) is 1. The minimum absolute atomic E-state index is 0.0915. The number of para-hydroxylation sites is 1. The molecule has 8 nitrogen and oxygen atoms in total. The van der Waals surface area contributed by atoms with Crippen LogP contribution in [0.15, 0.2) is 35.3 Å². The lowest BCUT2D eigenvalue weighted by molar-refractivity contribution is 0.0720. The maximum absolute atomic E-state index is 13.3. The number of nitrogens with zero attached hydrogens (tertiary/aromatic N) is 5. The van der Waals surface area contributed by atoms with Crippen molar-refractivity contribution in [2.45, 2.75) is 31.8 Å².